The maximum atomic E-state index is 12.6. The molecule has 0 N–H and O–H groups in total. The van der Waals surface area contributed by atoms with Gasteiger partial charge in [0.1, 0.15) is 0 Å². The second-order valence-electron chi connectivity index (χ2n) is 3.91. The van der Waals surface area contributed by atoms with Crippen LogP contribution in [0.15, 0.2) is 24.3 Å². The van der Waals surface area contributed by atoms with E-state index in [1.54, 1.807) is 19.9 Å². The average Bonchev–Trinajstić information content (AvgIpc) is 2.28. The molecule has 0 aliphatic rings. The van der Waals surface area contributed by atoms with Gasteiger partial charge in [0, 0.05) is 5.56 Å². The fourth-order valence-corrected chi connectivity index (χ4v) is 1.79. The summed E-state index contributed by atoms with van der Waals surface area (Å²) in [5, 5.41) is 11.1. The van der Waals surface area contributed by atoms with E-state index < -0.39 is 11.7 Å². The molecule has 0 saturated heterocycles. The quantitative estimate of drug-likeness (QED) is 0.783. The Kier molecular flexibility index (Phi) is 3.02. The van der Waals surface area contributed by atoms with E-state index in [1.807, 2.05) is 0 Å². The van der Waals surface area contributed by atoms with Crippen LogP contribution < -0.4 is 0 Å². The minimum atomic E-state index is -4.36. The first kappa shape index (κ1) is 12.5. The molecule has 1 heterocycles. The topological polar surface area (TPSA) is 38.7 Å². The molecule has 2 rings (SSSR count). The van der Waals surface area contributed by atoms with E-state index in [0.29, 0.717) is 22.5 Å². The minimum absolute atomic E-state index is 0.447. The van der Waals surface area contributed by atoms with Crippen LogP contribution in [0.1, 0.15) is 17.0 Å². The predicted molar refractivity (Wildman–Crippen MR) is 59.7 cm³/mol. The lowest BCUT2D eigenvalue weighted by molar-refractivity contribution is -0.137. The van der Waals surface area contributed by atoms with E-state index >= 15 is 0 Å². The Labute approximate surface area is 102 Å². The standard InChI is InChI=1S/C12H10F3N3/c1-7-11(8(2)17-18-16-7)9-4-3-5-10(6-9)12(13,14)15/h3-6H,1-2H3. The van der Waals surface area contributed by atoms with Gasteiger partial charge in [-0.15, -0.1) is 10.2 Å². The Morgan fingerprint density at radius 3 is 2.17 bits per heavy atom. The highest BCUT2D eigenvalue weighted by atomic mass is 19.4. The van der Waals surface area contributed by atoms with Crippen molar-refractivity contribution < 1.29 is 13.2 Å². The second-order valence-corrected chi connectivity index (χ2v) is 3.91. The number of halogens is 3. The number of hydrogen-bond acceptors (Lipinski definition) is 3. The van der Waals surface area contributed by atoms with Crippen molar-refractivity contribution in [2.75, 3.05) is 0 Å². The third-order valence-electron chi connectivity index (χ3n) is 2.59. The van der Waals surface area contributed by atoms with Crippen molar-refractivity contribution in [3.63, 3.8) is 0 Å². The number of hydrogen-bond donors (Lipinski definition) is 0. The lowest BCUT2D eigenvalue weighted by Gasteiger charge is -2.10. The zero-order valence-electron chi connectivity index (χ0n) is 9.78. The van der Waals surface area contributed by atoms with Crippen LogP contribution in [0.3, 0.4) is 0 Å². The zero-order chi connectivity index (χ0) is 13.3. The van der Waals surface area contributed by atoms with Gasteiger partial charge in [0.05, 0.1) is 17.0 Å². The molecule has 1 aromatic heterocycles. The molecular formula is C12H10F3N3. The highest BCUT2D eigenvalue weighted by molar-refractivity contribution is 5.68. The van der Waals surface area contributed by atoms with Crippen LogP contribution in [0.2, 0.25) is 0 Å². The summed E-state index contributed by atoms with van der Waals surface area (Å²) in [5.41, 5.74) is 1.47. The molecule has 0 atom stereocenters. The monoisotopic (exact) mass is 253 g/mol. The van der Waals surface area contributed by atoms with E-state index in [1.165, 1.54) is 6.07 Å². The molecule has 18 heavy (non-hydrogen) atoms. The van der Waals surface area contributed by atoms with Crippen LogP contribution in [-0.4, -0.2) is 15.4 Å². The highest BCUT2D eigenvalue weighted by Gasteiger charge is 2.30. The maximum Gasteiger partial charge on any atom is 0.416 e. The summed E-state index contributed by atoms with van der Waals surface area (Å²) in [6, 6.07) is 5.11. The number of benzene rings is 1. The first-order valence-electron chi connectivity index (χ1n) is 5.24. The van der Waals surface area contributed by atoms with E-state index in [4.69, 9.17) is 0 Å². The SMILES string of the molecule is Cc1nnnc(C)c1-c1cccc(C(F)(F)F)c1. The van der Waals surface area contributed by atoms with Gasteiger partial charge in [0.2, 0.25) is 0 Å². The fourth-order valence-electron chi connectivity index (χ4n) is 1.79. The maximum absolute atomic E-state index is 12.6. The second kappa shape index (κ2) is 4.36. The molecule has 1 aromatic carbocycles. The Morgan fingerprint density at radius 1 is 1.00 bits per heavy atom. The van der Waals surface area contributed by atoms with Gasteiger partial charge in [-0.3, -0.25) is 0 Å². The van der Waals surface area contributed by atoms with Crippen LogP contribution in [0.25, 0.3) is 11.1 Å². The van der Waals surface area contributed by atoms with Gasteiger partial charge in [0.15, 0.2) is 0 Å². The summed E-state index contributed by atoms with van der Waals surface area (Å²) in [4.78, 5) is 0. The molecule has 0 radical (unpaired) electrons. The van der Waals surface area contributed by atoms with Crippen LogP contribution in [0.5, 0.6) is 0 Å². The number of aromatic nitrogens is 3. The number of alkyl halides is 3. The minimum Gasteiger partial charge on any atom is -0.166 e. The van der Waals surface area contributed by atoms with E-state index in [9.17, 15) is 13.2 Å². The van der Waals surface area contributed by atoms with Crippen molar-refractivity contribution in [2.24, 2.45) is 0 Å². The summed E-state index contributed by atoms with van der Waals surface area (Å²) < 4.78 is 37.9. The van der Waals surface area contributed by atoms with Gasteiger partial charge in [-0.05, 0) is 36.8 Å². The average molecular weight is 253 g/mol. The molecular weight excluding hydrogens is 243 g/mol. The third kappa shape index (κ3) is 2.32. The van der Waals surface area contributed by atoms with Crippen molar-refractivity contribution in [2.45, 2.75) is 20.0 Å². The van der Waals surface area contributed by atoms with E-state index in [2.05, 4.69) is 15.4 Å². The summed E-state index contributed by atoms with van der Waals surface area (Å²) >= 11 is 0. The van der Waals surface area contributed by atoms with Crippen LogP contribution in [0.4, 0.5) is 13.2 Å². The number of aryl methyl sites for hydroxylation is 2. The van der Waals surface area contributed by atoms with Crippen molar-refractivity contribution in [1.82, 2.24) is 15.4 Å². The molecule has 0 saturated carbocycles. The first-order chi connectivity index (χ1) is 8.39. The molecule has 94 valence electrons. The molecule has 6 heteroatoms. The molecule has 2 aromatic rings. The van der Waals surface area contributed by atoms with Gasteiger partial charge in [-0.2, -0.15) is 13.2 Å². The molecule has 3 nitrogen and oxygen atoms in total. The Hall–Kier alpha value is -1.98. The third-order valence-corrected chi connectivity index (χ3v) is 2.59. The van der Waals surface area contributed by atoms with E-state index in [0.717, 1.165) is 12.1 Å². The lowest BCUT2D eigenvalue weighted by Crippen LogP contribution is -2.05. The van der Waals surface area contributed by atoms with Crippen LogP contribution in [0, 0.1) is 13.8 Å². The Balaban J connectivity index is 2.59. The zero-order valence-corrected chi connectivity index (χ0v) is 9.78. The van der Waals surface area contributed by atoms with Crippen molar-refractivity contribution in [1.29, 1.82) is 0 Å². The molecule has 0 spiro atoms. The van der Waals surface area contributed by atoms with E-state index in [-0.39, 0.29) is 0 Å². The van der Waals surface area contributed by atoms with Gasteiger partial charge >= 0.3 is 6.18 Å². The molecule has 0 bridgehead atoms. The number of rotatable bonds is 1. The van der Waals surface area contributed by atoms with Crippen molar-refractivity contribution in [3.8, 4) is 11.1 Å². The van der Waals surface area contributed by atoms with Gasteiger partial charge < -0.3 is 0 Å². The largest absolute Gasteiger partial charge is 0.416 e. The lowest BCUT2D eigenvalue weighted by atomic mass is 10.0. The van der Waals surface area contributed by atoms with Crippen molar-refractivity contribution in [3.05, 3.63) is 41.2 Å². The van der Waals surface area contributed by atoms with Crippen LogP contribution in [-0.2, 0) is 6.18 Å². The summed E-state index contributed by atoms with van der Waals surface area (Å²) in [7, 11) is 0. The Bertz CT molecular complexity index is 559. The molecule has 0 amide bonds. The Morgan fingerprint density at radius 2 is 1.61 bits per heavy atom. The molecule has 0 fully saturated rings. The first-order valence-corrected chi connectivity index (χ1v) is 5.24. The molecule has 0 unspecified atom stereocenters. The number of nitrogens with zero attached hydrogens (tertiary/aromatic N) is 3. The summed E-state index contributed by atoms with van der Waals surface area (Å²) in [5.74, 6) is 0. The van der Waals surface area contributed by atoms with Gasteiger partial charge in [0.25, 0.3) is 0 Å². The summed E-state index contributed by atoms with van der Waals surface area (Å²) in [6.07, 6.45) is -4.36. The van der Waals surface area contributed by atoms with Crippen LogP contribution >= 0.6 is 0 Å². The van der Waals surface area contributed by atoms with Gasteiger partial charge in [-0.1, -0.05) is 12.1 Å². The highest BCUT2D eigenvalue weighted by Crippen LogP contribution is 2.33. The molecule has 0 aliphatic carbocycles. The van der Waals surface area contributed by atoms with Crippen molar-refractivity contribution >= 4 is 0 Å². The normalized spacial score (nSPS) is 11.6. The smallest absolute Gasteiger partial charge is 0.166 e. The fraction of sp³-hybridized carbons (Fsp3) is 0.250. The van der Waals surface area contributed by atoms with Gasteiger partial charge in [-0.25, -0.2) is 0 Å². The molecule has 0 aliphatic heterocycles. The summed E-state index contributed by atoms with van der Waals surface area (Å²) in [6.45, 7) is 3.38. The predicted octanol–water partition coefficient (Wildman–Crippen LogP) is 3.17.